The molecule has 2 nitrogen and oxygen atoms in total. The Labute approximate surface area is 102 Å². The molecule has 0 aliphatic rings. The van der Waals surface area contributed by atoms with Crippen LogP contribution in [0.4, 0.5) is 0 Å². The zero-order chi connectivity index (χ0) is 12.1. The van der Waals surface area contributed by atoms with Crippen molar-refractivity contribution in [3.8, 4) is 5.75 Å². The summed E-state index contributed by atoms with van der Waals surface area (Å²) in [5, 5.41) is 0.622. The maximum atomic E-state index is 6.05. The van der Waals surface area contributed by atoms with Crippen LogP contribution in [0.15, 0.2) is 23.8 Å². The zero-order valence-electron chi connectivity index (χ0n) is 9.96. The zero-order valence-corrected chi connectivity index (χ0v) is 10.7. The predicted molar refractivity (Wildman–Crippen MR) is 69.9 cm³/mol. The number of rotatable bonds is 4. The minimum absolute atomic E-state index is 0.450. The van der Waals surface area contributed by atoms with Crippen molar-refractivity contribution in [3.63, 3.8) is 0 Å². The molecule has 0 bridgehead atoms. The highest BCUT2D eigenvalue weighted by Gasteiger charge is 2.03. The summed E-state index contributed by atoms with van der Waals surface area (Å²) in [7, 11) is 1.61. The highest BCUT2D eigenvalue weighted by molar-refractivity contribution is 6.32. The maximum Gasteiger partial charge on any atom is 0.137 e. The van der Waals surface area contributed by atoms with Crippen LogP contribution in [-0.2, 0) is 0 Å². The molecule has 0 spiro atoms. The predicted octanol–water partition coefficient (Wildman–Crippen LogP) is 3.35. The molecule has 0 unspecified atom stereocenters. The lowest BCUT2D eigenvalue weighted by Gasteiger charge is -2.09. The monoisotopic (exact) mass is 239 g/mol. The van der Waals surface area contributed by atoms with Crippen molar-refractivity contribution in [1.29, 1.82) is 0 Å². The van der Waals surface area contributed by atoms with E-state index in [9.17, 15) is 0 Å². The van der Waals surface area contributed by atoms with Crippen LogP contribution in [0.3, 0.4) is 0 Å². The van der Waals surface area contributed by atoms with Gasteiger partial charge in [-0.2, -0.15) is 0 Å². The summed E-state index contributed by atoms with van der Waals surface area (Å²) in [4.78, 5) is 0. The Morgan fingerprint density at radius 3 is 2.62 bits per heavy atom. The van der Waals surface area contributed by atoms with Crippen molar-refractivity contribution in [1.82, 2.24) is 0 Å². The van der Waals surface area contributed by atoms with Gasteiger partial charge in [0.2, 0.25) is 0 Å². The minimum atomic E-state index is 0.450. The molecule has 88 valence electrons. The van der Waals surface area contributed by atoms with Gasteiger partial charge in [0.15, 0.2) is 0 Å². The Bertz CT molecular complexity index is 386. The number of methoxy groups -OCH3 is 1. The van der Waals surface area contributed by atoms with Crippen molar-refractivity contribution in [2.45, 2.75) is 13.8 Å². The van der Waals surface area contributed by atoms with E-state index in [1.807, 2.05) is 18.2 Å². The summed E-state index contributed by atoms with van der Waals surface area (Å²) in [6, 6.07) is 5.73. The Morgan fingerprint density at radius 2 is 2.19 bits per heavy atom. The van der Waals surface area contributed by atoms with Crippen molar-refractivity contribution in [2.24, 2.45) is 11.7 Å². The molecule has 1 aromatic rings. The lowest BCUT2D eigenvalue weighted by atomic mass is 10.0. The smallest absolute Gasteiger partial charge is 0.137 e. The molecule has 0 aliphatic carbocycles. The lowest BCUT2D eigenvalue weighted by molar-refractivity contribution is 0.415. The number of ether oxygens (including phenoxy) is 1. The molecular weight excluding hydrogens is 222 g/mol. The highest BCUT2D eigenvalue weighted by atomic mass is 35.5. The van der Waals surface area contributed by atoms with Crippen molar-refractivity contribution in [3.05, 3.63) is 34.4 Å². The van der Waals surface area contributed by atoms with Crippen LogP contribution in [0.25, 0.3) is 6.08 Å². The Balaban J connectivity index is 3.01. The van der Waals surface area contributed by atoms with Gasteiger partial charge in [0.25, 0.3) is 0 Å². The van der Waals surface area contributed by atoms with Gasteiger partial charge in [0, 0.05) is 6.54 Å². The molecule has 0 saturated heterocycles. The number of nitrogens with two attached hydrogens (primary N) is 1. The van der Waals surface area contributed by atoms with E-state index < -0.39 is 0 Å². The second-order valence-electron chi connectivity index (χ2n) is 3.97. The van der Waals surface area contributed by atoms with E-state index in [2.05, 4.69) is 19.9 Å². The molecule has 0 aromatic heterocycles. The van der Waals surface area contributed by atoms with Gasteiger partial charge in [0.05, 0.1) is 12.1 Å². The van der Waals surface area contributed by atoms with E-state index >= 15 is 0 Å². The fraction of sp³-hybridized carbons (Fsp3) is 0.385. The van der Waals surface area contributed by atoms with Crippen LogP contribution in [0.2, 0.25) is 5.02 Å². The Hall–Kier alpha value is -0.990. The summed E-state index contributed by atoms with van der Waals surface area (Å²) < 4.78 is 5.10. The van der Waals surface area contributed by atoms with E-state index in [0.717, 1.165) is 5.56 Å². The second-order valence-corrected chi connectivity index (χ2v) is 4.38. The summed E-state index contributed by atoms with van der Waals surface area (Å²) in [5.74, 6) is 1.14. The molecular formula is C13H18ClNO. The molecule has 1 rings (SSSR count). The summed E-state index contributed by atoms with van der Waals surface area (Å²) in [6.45, 7) is 4.83. The van der Waals surface area contributed by atoms with Gasteiger partial charge in [-0.3, -0.25) is 0 Å². The largest absolute Gasteiger partial charge is 0.495 e. The Morgan fingerprint density at radius 1 is 1.50 bits per heavy atom. The van der Waals surface area contributed by atoms with E-state index in [1.54, 1.807) is 7.11 Å². The van der Waals surface area contributed by atoms with Gasteiger partial charge in [0.1, 0.15) is 5.75 Å². The normalized spacial score (nSPS) is 12.0. The average Bonchev–Trinajstić information content (AvgIpc) is 2.25. The first kappa shape index (κ1) is 13.1. The number of benzene rings is 1. The topological polar surface area (TPSA) is 35.2 Å². The summed E-state index contributed by atoms with van der Waals surface area (Å²) in [5.41, 5.74) is 7.95. The number of hydrogen-bond donors (Lipinski definition) is 1. The fourth-order valence-electron chi connectivity index (χ4n) is 1.45. The van der Waals surface area contributed by atoms with E-state index in [0.29, 0.717) is 23.2 Å². The van der Waals surface area contributed by atoms with Crippen LogP contribution in [0.1, 0.15) is 19.4 Å². The third-order valence-corrected chi connectivity index (χ3v) is 2.80. The second kappa shape index (κ2) is 5.92. The third-order valence-electron chi connectivity index (χ3n) is 2.51. The van der Waals surface area contributed by atoms with Gasteiger partial charge in [-0.15, -0.1) is 0 Å². The van der Waals surface area contributed by atoms with Gasteiger partial charge >= 0.3 is 0 Å². The van der Waals surface area contributed by atoms with Gasteiger partial charge in [-0.05, 0) is 23.6 Å². The van der Waals surface area contributed by atoms with Crippen molar-refractivity contribution < 1.29 is 4.74 Å². The quantitative estimate of drug-likeness (QED) is 0.875. The maximum absolute atomic E-state index is 6.05. The molecule has 16 heavy (non-hydrogen) atoms. The van der Waals surface area contributed by atoms with Crippen molar-refractivity contribution in [2.75, 3.05) is 13.7 Å². The van der Waals surface area contributed by atoms with Crippen LogP contribution in [-0.4, -0.2) is 13.7 Å². The van der Waals surface area contributed by atoms with Crippen LogP contribution in [0.5, 0.6) is 5.75 Å². The van der Waals surface area contributed by atoms with E-state index in [1.165, 1.54) is 5.57 Å². The lowest BCUT2D eigenvalue weighted by Crippen LogP contribution is -2.08. The molecule has 0 atom stereocenters. The molecule has 1 aromatic carbocycles. The third kappa shape index (κ3) is 3.26. The Kier molecular flexibility index (Phi) is 4.84. The molecule has 0 heterocycles. The molecule has 0 aliphatic heterocycles. The van der Waals surface area contributed by atoms with Gasteiger partial charge in [-0.25, -0.2) is 0 Å². The van der Waals surface area contributed by atoms with Gasteiger partial charge in [-0.1, -0.05) is 43.2 Å². The SMILES string of the molecule is COc1ccc(C=C(CN)C(C)C)cc1Cl. The van der Waals surface area contributed by atoms with Crippen LogP contribution < -0.4 is 10.5 Å². The minimum Gasteiger partial charge on any atom is -0.495 e. The number of halogens is 1. The first-order valence-corrected chi connectivity index (χ1v) is 5.70. The molecule has 3 heteroatoms. The fourth-order valence-corrected chi connectivity index (χ4v) is 1.71. The standard InChI is InChI=1S/C13H18ClNO/c1-9(2)11(8-15)6-10-4-5-13(16-3)12(14)7-10/h4-7,9H,8,15H2,1-3H3. The van der Waals surface area contributed by atoms with E-state index in [-0.39, 0.29) is 0 Å². The average molecular weight is 240 g/mol. The van der Waals surface area contributed by atoms with Gasteiger partial charge < -0.3 is 10.5 Å². The molecule has 0 amide bonds. The molecule has 0 radical (unpaired) electrons. The number of hydrogen-bond acceptors (Lipinski definition) is 2. The molecule has 0 fully saturated rings. The van der Waals surface area contributed by atoms with Crippen LogP contribution in [0, 0.1) is 5.92 Å². The summed E-state index contributed by atoms with van der Waals surface area (Å²) >= 11 is 6.05. The highest BCUT2D eigenvalue weighted by Crippen LogP contribution is 2.26. The van der Waals surface area contributed by atoms with E-state index in [4.69, 9.17) is 22.1 Å². The first-order chi connectivity index (χ1) is 7.58. The van der Waals surface area contributed by atoms with Crippen molar-refractivity contribution >= 4 is 17.7 Å². The summed E-state index contributed by atoms with van der Waals surface area (Å²) in [6.07, 6.45) is 2.08. The first-order valence-electron chi connectivity index (χ1n) is 5.32. The molecule has 2 N–H and O–H groups in total. The van der Waals surface area contributed by atoms with Crippen LogP contribution >= 0.6 is 11.6 Å². The molecule has 0 saturated carbocycles.